The molecule has 2 aromatic rings. The van der Waals surface area contributed by atoms with Crippen molar-refractivity contribution in [1.82, 2.24) is 0 Å². The summed E-state index contributed by atoms with van der Waals surface area (Å²) < 4.78 is 77.7. The lowest BCUT2D eigenvalue weighted by Crippen LogP contribution is -2.67. The Hall–Kier alpha value is -5.14. The minimum Gasteiger partial charge on any atom is -0.463 e. The highest BCUT2D eigenvalue weighted by Gasteiger charge is 2.69. The lowest BCUT2D eigenvalue weighted by Gasteiger charge is -2.59. The number of nitrogens with zero attached hydrogens (tertiary/aromatic N) is 2. The number of allylic oxidation sites excluding steroid dienone is 3. The summed E-state index contributed by atoms with van der Waals surface area (Å²) in [5.41, 5.74) is 5.77. The number of aliphatic hydroxyl groups excluding tert-OH is 17. The van der Waals surface area contributed by atoms with Crippen LogP contribution in [0.25, 0.3) is 0 Å². The average molecular weight is 2120 g/mol. The molecule has 4 bridgehead atoms. The molecule has 150 heavy (non-hydrogen) atoms. The second-order valence-electron chi connectivity index (χ2n) is 47.3. The van der Waals surface area contributed by atoms with Crippen molar-refractivity contribution in [2.75, 3.05) is 33.0 Å². The number of fused-ring (bicyclic) bond motifs is 11. The van der Waals surface area contributed by atoms with Crippen molar-refractivity contribution in [2.24, 2.45) is 81.8 Å². The number of hydrogen-bond acceptors (Lipinski definition) is 31. The molecule has 1 spiro atoms. The van der Waals surface area contributed by atoms with Crippen molar-refractivity contribution in [3.8, 4) is 0 Å². The van der Waals surface area contributed by atoms with Gasteiger partial charge in [0.05, 0.1) is 62.5 Å². The van der Waals surface area contributed by atoms with Gasteiger partial charge >= 0.3 is 11.9 Å². The quantitative estimate of drug-likeness (QED) is 0.0144. The summed E-state index contributed by atoms with van der Waals surface area (Å²) in [7, 11) is 0. The third-order valence-corrected chi connectivity index (χ3v) is 35.4. The third kappa shape index (κ3) is 32.6. The summed E-state index contributed by atoms with van der Waals surface area (Å²) in [6.45, 7) is 33.5. The SMILES string of the molecule is C1=CCc2ccc[n+](c2)CCCCCCCCCCc2ccc[n+](c2)CCCCCCC1.CC1OC(OC2C(O[C@H]3CC[C@@]4(C)C(=CCC5C6CC7OC8(CC[C@@H](C)CO8)[C@@H](C)C7[C@@]6(C)CCC54)C3)OC(CO)C(O)C2OC2OC(C)C(O)C(O)C2O)C(O)C(O)C1O.CC[C@H](C)C[C@H](C)C[C@H](C)[C@@H](O[C@@H]1OC(COC(C)=O)[C@@H](O)[C@H](O)C1O)[C@@H](C)/C=C(\C)[C@@H](O)[C@@H](C)/C=C(\C)[C@@H](O)[C@@H](C)/C=C(\C)C(=O)OC[C@@H](O)[C@H](O)[C@H](O)CO. The van der Waals surface area contributed by atoms with E-state index in [0.29, 0.717) is 71.3 Å². The molecule has 33 nitrogen and oxygen atoms in total. The molecule has 0 radical (unpaired) electrons. The molecule has 11 aliphatic rings. The zero-order valence-electron chi connectivity index (χ0n) is 92.6. The Morgan fingerprint density at radius 1 is 0.553 bits per heavy atom. The van der Waals surface area contributed by atoms with Crippen molar-refractivity contribution >= 4 is 11.9 Å². The predicted octanol–water partition coefficient (Wildman–Crippen LogP) is 10.2. The first kappa shape index (κ1) is 125. The van der Waals surface area contributed by atoms with Gasteiger partial charge < -0.3 is 144 Å². The Bertz CT molecular complexity index is 4550. The molecule has 33 heteroatoms. The molecule has 9 heterocycles. The normalized spacial score (nSPS) is 38.2. The van der Waals surface area contributed by atoms with Gasteiger partial charge in [-0.2, -0.15) is 0 Å². The van der Waals surface area contributed by atoms with E-state index >= 15 is 0 Å². The summed E-state index contributed by atoms with van der Waals surface area (Å²) in [5, 5.41) is 179. The minimum absolute atomic E-state index is 0.0272. The van der Waals surface area contributed by atoms with Gasteiger partial charge in [0, 0.05) is 78.7 Å². The summed E-state index contributed by atoms with van der Waals surface area (Å²) >= 11 is 0. The van der Waals surface area contributed by atoms with Gasteiger partial charge in [0.25, 0.3) is 0 Å². The predicted molar refractivity (Wildman–Crippen MR) is 559 cm³/mol. The van der Waals surface area contributed by atoms with Gasteiger partial charge in [-0.05, 0) is 225 Å². The largest absolute Gasteiger partial charge is 0.463 e. The molecule has 2 aromatic heterocycles. The average Bonchev–Trinajstić information content (AvgIpc) is 1.52. The lowest BCUT2D eigenvalue weighted by molar-refractivity contribution is -0.697. The second-order valence-corrected chi connectivity index (χ2v) is 47.3. The highest BCUT2D eigenvalue weighted by atomic mass is 16.8. The van der Waals surface area contributed by atoms with Crippen LogP contribution < -0.4 is 9.13 Å². The van der Waals surface area contributed by atoms with E-state index in [1.165, 1.54) is 153 Å². The molecule has 13 rings (SSSR count). The van der Waals surface area contributed by atoms with Crippen LogP contribution in [0.4, 0.5) is 0 Å². The molecule has 4 aliphatic carbocycles. The number of aryl methyl sites for hydroxylation is 3. The van der Waals surface area contributed by atoms with E-state index in [0.717, 1.165) is 83.8 Å². The van der Waals surface area contributed by atoms with Crippen LogP contribution in [0.2, 0.25) is 0 Å². The third-order valence-electron chi connectivity index (χ3n) is 35.4. The molecule has 0 amide bonds. The fourth-order valence-corrected chi connectivity index (χ4v) is 26.1. The van der Waals surface area contributed by atoms with Crippen LogP contribution >= 0.6 is 0 Å². The maximum absolute atomic E-state index is 12.5. The van der Waals surface area contributed by atoms with Crippen LogP contribution in [0.15, 0.2) is 108 Å². The minimum atomic E-state index is -1.73. The van der Waals surface area contributed by atoms with Crippen LogP contribution in [0.1, 0.15) is 296 Å². The van der Waals surface area contributed by atoms with Gasteiger partial charge in [0.1, 0.15) is 130 Å². The van der Waals surface area contributed by atoms with E-state index in [1.54, 1.807) is 33.8 Å². The summed E-state index contributed by atoms with van der Waals surface area (Å²) in [6.07, 6.45) is 17.8. The monoisotopic (exact) mass is 2120 g/mol. The number of hydrogen-bond donors (Lipinski definition) is 17. The molecule has 43 atom stereocenters. The van der Waals surface area contributed by atoms with Crippen molar-refractivity contribution < 1.29 is 162 Å². The maximum Gasteiger partial charge on any atom is 0.333 e. The van der Waals surface area contributed by atoms with Crippen molar-refractivity contribution in [3.63, 3.8) is 0 Å². The fraction of sp³-hybridized carbons (Fsp3) is 0.812. The molecule has 0 aromatic carbocycles. The van der Waals surface area contributed by atoms with E-state index < -0.39 is 209 Å². The number of carbonyl (C=O) groups excluding carboxylic acids is 2. The molecule has 9 fully saturated rings. The Balaban J connectivity index is 0.000000224. The number of aliphatic hydroxyl groups is 17. The molecule has 17 N–H and O–H groups in total. The first-order valence-corrected chi connectivity index (χ1v) is 56.9. The van der Waals surface area contributed by atoms with Gasteiger partial charge in [-0.25, -0.2) is 13.9 Å². The Labute approximate surface area is 891 Å². The molecule has 6 saturated heterocycles. The van der Waals surface area contributed by atoms with E-state index in [1.807, 2.05) is 19.9 Å². The zero-order chi connectivity index (χ0) is 110. The van der Waals surface area contributed by atoms with Crippen molar-refractivity contribution in [1.29, 1.82) is 0 Å². The van der Waals surface area contributed by atoms with Crippen LogP contribution in [0.3, 0.4) is 0 Å². The van der Waals surface area contributed by atoms with Crippen LogP contribution in [0, 0.1) is 81.8 Å². The second kappa shape index (κ2) is 58.6. The topological polar surface area (TPSA) is 497 Å². The smallest absolute Gasteiger partial charge is 0.333 e. The molecule has 854 valence electrons. The number of ether oxygens (including phenoxy) is 12. The molecule has 3 saturated carbocycles. The van der Waals surface area contributed by atoms with E-state index in [-0.39, 0.29) is 47.1 Å². The number of aromatic nitrogens is 2. The van der Waals surface area contributed by atoms with Gasteiger partial charge in [0.15, 0.2) is 55.7 Å². The van der Waals surface area contributed by atoms with Crippen molar-refractivity contribution in [3.05, 3.63) is 119 Å². The van der Waals surface area contributed by atoms with Crippen LogP contribution in [-0.4, -0.2) is 309 Å². The number of rotatable bonds is 31. The Morgan fingerprint density at radius 2 is 1.12 bits per heavy atom. The van der Waals surface area contributed by atoms with E-state index in [2.05, 4.69) is 125 Å². The molecular weight excluding hydrogens is 1930 g/mol. The van der Waals surface area contributed by atoms with Crippen LogP contribution in [0.5, 0.6) is 0 Å². The van der Waals surface area contributed by atoms with Gasteiger partial charge in [-0.3, -0.25) is 4.79 Å². The highest BCUT2D eigenvalue weighted by Crippen LogP contribution is 2.71. The zero-order valence-corrected chi connectivity index (χ0v) is 92.6. The van der Waals surface area contributed by atoms with E-state index in [9.17, 15) is 91.3 Å². The standard InChI is InChI=1S/C45H72O16.C42H74O15.C30H46N2/c1-19-9-14-45(54-18-19)20(2)30-28(61-45)16-27-25-8-7-23-15-24(10-12-43(23,5)26(25)11-13-44(27,30)6)57-42-39(60-41-37(53)35(51)32(48)22(4)56-41)38(33(49)29(17-46)58-42)59-40-36(52)34(50)31(47)21(3)55-40;1-12-21(2)13-22(3)14-27(8)40(57-42-39(52)38(51)37(50)33(56-42)20-54-30(11)44)28(9)16-25(6)34(47)23(4)15-24(5)35(48)26(7)17-29(10)41(53)55-19-32(46)36(49)31(45)18-43;1-3-7-11-15-23-31-25-18-22-30(28-31)20-14-10-6-2-4-8-12-16-24-32-26-17-21-29(27-32)19-13-9-5-1/h7,19-22,24-42,46-53H,8-18H2,1-6H3;15-17,21-23,26-28,31-40,42-43,45-52H,12-14,18-20H2,1-11H3;9,13,17-18,21-22,25-28H,1-8,10-12,14-16,19-20,23-24H2/q;;+2/b;24-15+,25-16+,29-17+;/t19-,20+,21?,22?,24+,25?,26?,27?,28?,29?,30?,31?,32?,33?,34?,35?,36?,37?,38?,39?,40?,41?,42?,43+,44+,45?;21-,22-,23-,26-,27-,28-,31+,32+,33?,34-,35+,36+,37+,38-,39?,40+,42-;/m10./s1. The Kier molecular flexibility index (Phi) is 48.8. The molecular formula is C117H192N2O31+2. The maximum atomic E-state index is 12.5. The first-order chi connectivity index (χ1) is 71.3. The number of esters is 2. The van der Waals surface area contributed by atoms with Gasteiger partial charge in [0.2, 0.25) is 0 Å². The van der Waals surface area contributed by atoms with Crippen LogP contribution in [-0.2, 0) is 92.4 Å². The molecule has 23 unspecified atom stereocenters. The number of pyridine rings is 2. The molecule has 7 aliphatic heterocycles. The summed E-state index contributed by atoms with van der Waals surface area (Å²) in [6, 6.07) is 9.03. The summed E-state index contributed by atoms with van der Waals surface area (Å²) in [5.74, 6) is 0.650. The fourth-order valence-electron chi connectivity index (χ4n) is 26.1. The lowest BCUT2D eigenvalue weighted by atomic mass is 9.47. The summed E-state index contributed by atoms with van der Waals surface area (Å²) in [4.78, 5) is 23.9. The Morgan fingerprint density at radius 3 is 1.72 bits per heavy atom. The van der Waals surface area contributed by atoms with Gasteiger partial charge in [-0.15, -0.1) is 0 Å². The first-order valence-electron chi connectivity index (χ1n) is 56.9. The van der Waals surface area contributed by atoms with E-state index in [4.69, 9.17) is 61.9 Å². The van der Waals surface area contributed by atoms with Gasteiger partial charge in [-0.1, -0.05) is 170 Å². The van der Waals surface area contributed by atoms with Crippen molar-refractivity contribution in [2.45, 2.75) is 488 Å². The number of carbonyl (C=O) groups is 2. The highest BCUT2D eigenvalue weighted by molar-refractivity contribution is 5.87.